The molecule has 1 aromatic heterocycles. The molecule has 10 heteroatoms. The van der Waals surface area contributed by atoms with E-state index in [1.165, 1.54) is 25.3 Å². The zero-order valence-electron chi connectivity index (χ0n) is 16.0. The van der Waals surface area contributed by atoms with Crippen LogP contribution in [0.25, 0.3) is 0 Å². The molecule has 0 radical (unpaired) electrons. The molecule has 1 amide bonds. The second-order valence-corrected chi connectivity index (χ2v) is 6.54. The van der Waals surface area contributed by atoms with Gasteiger partial charge >= 0.3 is 6.18 Å². The monoisotopic (exact) mass is 436 g/mol. The Labute approximate surface area is 173 Å². The Morgan fingerprint density at radius 2 is 1.84 bits per heavy atom. The van der Waals surface area contributed by atoms with Crippen LogP contribution in [0.15, 0.2) is 59.5 Å². The number of ether oxygens (including phenoxy) is 1. The number of hydrogen-bond acceptors (Lipinski definition) is 4. The molecule has 0 saturated heterocycles. The fourth-order valence-electron chi connectivity index (χ4n) is 2.72. The number of rotatable bonds is 5. The third-order valence-electron chi connectivity index (χ3n) is 4.32. The topological polar surface area (TPSA) is 80.6 Å². The van der Waals surface area contributed by atoms with Crippen molar-refractivity contribution in [2.45, 2.75) is 19.8 Å². The number of amides is 1. The summed E-state index contributed by atoms with van der Waals surface area (Å²) >= 11 is 0. The average molecular weight is 436 g/mol. The van der Waals surface area contributed by atoms with Gasteiger partial charge in [0.15, 0.2) is 0 Å². The molecule has 0 saturated carbocycles. The smallest absolute Gasteiger partial charge is 0.416 e. The lowest BCUT2D eigenvalue weighted by Crippen LogP contribution is -2.21. The van der Waals surface area contributed by atoms with Crippen molar-refractivity contribution in [1.29, 1.82) is 0 Å². The first-order chi connectivity index (χ1) is 14.6. The molecule has 1 heterocycles. The second-order valence-electron chi connectivity index (χ2n) is 6.54. The van der Waals surface area contributed by atoms with Crippen molar-refractivity contribution in [2.75, 3.05) is 5.32 Å². The Balaban J connectivity index is 1.99. The highest BCUT2D eigenvalue weighted by atomic mass is 19.4. The number of nitrogens with one attached hydrogen (secondary N) is 1. The SMILES string of the molecule is Cc1cc(F)ccc1Oc1cc(C(F)(F)F)ccc1C(=O)Nc1ccn(CO)c(=O)c1. The van der Waals surface area contributed by atoms with Gasteiger partial charge in [0.2, 0.25) is 0 Å². The molecule has 0 unspecified atom stereocenters. The third kappa shape index (κ3) is 5.10. The van der Waals surface area contributed by atoms with E-state index >= 15 is 0 Å². The molecule has 2 N–H and O–H groups in total. The van der Waals surface area contributed by atoms with Gasteiger partial charge in [-0.2, -0.15) is 13.2 Å². The number of aromatic nitrogens is 1. The van der Waals surface area contributed by atoms with Crippen LogP contribution in [0.2, 0.25) is 0 Å². The molecule has 2 aromatic carbocycles. The number of anilines is 1. The molecule has 31 heavy (non-hydrogen) atoms. The fourth-order valence-corrected chi connectivity index (χ4v) is 2.72. The van der Waals surface area contributed by atoms with Gasteiger partial charge in [0.05, 0.1) is 11.1 Å². The molecule has 6 nitrogen and oxygen atoms in total. The molecular weight excluding hydrogens is 420 g/mol. The standard InChI is InChI=1S/C21H16F4N2O4/c1-12-8-14(22)3-5-17(12)31-18-9-13(21(23,24)25)2-4-16(18)20(30)26-15-6-7-27(11-28)19(29)10-15/h2-10,28H,11H2,1H3,(H,26,30). The molecule has 0 atom stereocenters. The zero-order chi connectivity index (χ0) is 22.8. The minimum absolute atomic E-state index is 0.0697. The number of halogens is 4. The van der Waals surface area contributed by atoms with Crippen LogP contribution in [-0.2, 0) is 12.9 Å². The van der Waals surface area contributed by atoms with Gasteiger partial charge in [-0.15, -0.1) is 0 Å². The highest BCUT2D eigenvalue weighted by Crippen LogP contribution is 2.36. The van der Waals surface area contributed by atoms with Crippen LogP contribution in [-0.4, -0.2) is 15.6 Å². The first kappa shape index (κ1) is 22.0. The molecular formula is C21H16F4N2O4. The quantitative estimate of drug-likeness (QED) is 0.585. The lowest BCUT2D eigenvalue weighted by molar-refractivity contribution is -0.137. The van der Waals surface area contributed by atoms with Gasteiger partial charge in [-0.25, -0.2) is 4.39 Å². The summed E-state index contributed by atoms with van der Waals surface area (Å²) in [6.45, 7) is 0.947. The number of nitrogens with zero attached hydrogens (tertiary/aromatic N) is 1. The largest absolute Gasteiger partial charge is 0.456 e. The van der Waals surface area contributed by atoms with Crippen LogP contribution in [0, 0.1) is 12.7 Å². The van der Waals surface area contributed by atoms with Gasteiger partial charge in [0, 0.05) is 18.0 Å². The number of carbonyl (C=O) groups excluding carboxylic acids is 1. The van der Waals surface area contributed by atoms with Crippen molar-refractivity contribution in [1.82, 2.24) is 4.57 Å². The zero-order valence-corrected chi connectivity index (χ0v) is 16.0. The van der Waals surface area contributed by atoms with E-state index in [-0.39, 0.29) is 17.0 Å². The highest BCUT2D eigenvalue weighted by Gasteiger charge is 2.32. The van der Waals surface area contributed by atoms with Crippen LogP contribution < -0.4 is 15.6 Å². The summed E-state index contributed by atoms with van der Waals surface area (Å²) in [6, 6.07) is 8.17. The minimum Gasteiger partial charge on any atom is -0.456 e. The summed E-state index contributed by atoms with van der Waals surface area (Å²) in [5.41, 5.74) is -1.47. The molecule has 0 aliphatic heterocycles. The van der Waals surface area contributed by atoms with E-state index in [1.54, 1.807) is 0 Å². The average Bonchev–Trinajstić information content (AvgIpc) is 2.69. The van der Waals surface area contributed by atoms with Crippen molar-refractivity contribution in [3.05, 3.63) is 87.6 Å². The number of hydrogen-bond donors (Lipinski definition) is 2. The molecule has 0 fully saturated rings. The number of aryl methyl sites for hydroxylation is 1. The first-order valence-electron chi connectivity index (χ1n) is 8.86. The van der Waals surface area contributed by atoms with Crippen LogP contribution in [0.4, 0.5) is 23.2 Å². The first-order valence-corrected chi connectivity index (χ1v) is 8.86. The molecule has 0 aliphatic carbocycles. The maximum absolute atomic E-state index is 13.3. The van der Waals surface area contributed by atoms with Crippen molar-refractivity contribution >= 4 is 11.6 Å². The Hall–Kier alpha value is -3.66. The van der Waals surface area contributed by atoms with Crippen LogP contribution in [0.3, 0.4) is 0 Å². The Kier molecular flexibility index (Phi) is 6.11. The Morgan fingerprint density at radius 1 is 1.10 bits per heavy atom. The lowest BCUT2D eigenvalue weighted by atomic mass is 10.1. The number of aliphatic hydroxyl groups excluding tert-OH is 1. The highest BCUT2D eigenvalue weighted by molar-refractivity contribution is 6.06. The number of carbonyl (C=O) groups is 1. The van der Waals surface area contributed by atoms with Crippen molar-refractivity contribution in [3.63, 3.8) is 0 Å². The number of aliphatic hydroxyl groups is 1. The van der Waals surface area contributed by atoms with E-state index in [2.05, 4.69) is 5.32 Å². The minimum atomic E-state index is -4.68. The van der Waals surface area contributed by atoms with Gasteiger partial charge in [0.1, 0.15) is 24.0 Å². The van der Waals surface area contributed by atoms with E-state index in [1.807, 2.05) is 0 Å². The van der Waals surface area contributed by atoms with Gasteiger partial charge in [0.25, 0.3) is 11.5 Å². The van der Waals surface area contributed by atoms with Gasteiger partial charge in [-0.05, 0) is 55.0 Å². The molecule has 3 rings (SSSR count). The molecule has 3 aromatic rings. The summed E-state index contributed by atoms with van der Waals surface area (Å²) in [5.74, 6) is -1.71. The summed E-state index contributed by atoms with van der Waals surface area (Å²) < 4.78 is 59.3. The molecule has 0 aliphatic rings. The summed E-state index contributed by atoms with van der Waals surface area (Å²) in [6.07, 6.45) is -3.44. The van der Waals surface area contributed by atoms with Gasteiger partial charge < -0.3 is 15.2 Å². The summed E-state index contributed by atoms with van der Waals surface area (Å²) in [7, 11) is 0. The van der Waals surface area contributed by atoms with E-state index in [0.29, 0.717) is 11.6 Å². The van der Waals surface area contributed by atoms with E-state index in [9.17, 15) is 27.2 Å². The van der Waals surface area contributed by atoms with Crippen molar-refractivity contribution in [3.8, 4) is 11.5 Å². The van der Waals surface area contributed by atoms with Crippen LogP contribution >= 0.6 is 0 Å². The van der Waals surface area contributed by atoms with E-state index in [0.717, 1.165) is 34.9 Å². The number of alkyl halides is 3. The summed E-state index contributed by atoms with van der Waals surface area (Å²) in [4.78, 5) is 24.5. The second kappa shape index (κ2) is 8.60. The van der Waals surface area contributed by atoms with Crippen LogP contribution in [0.5, 0.6) is 11.5 Å². The van der Waals surface area contributed by atoms with Crippen molar-refractivity contribution in [2.24, 2.45) is 0 Å². The van der Waals surface area contributed by atoms with Gasteiger partial charge in [-0.3, -0.25) is 14.2 Å². The van der Waals surface area contributed by atoms with E-state index in [4.69, 9.17) is 9.84 Å². The predicted molar refractivity (Wildman–Crippen MR) is 104 cm³/mol. The molecule has 0 bridgehead atoms. The molecule has 162 valence electrons. The number of pyridine rings is 1. The lowest BCUT2D eigenvalue weighted by Gasteiger charge is -2.16. The van der Waals surface area contributed by atoms with E-state index < -0.39 is 41.5 Å². The molecule has 0 spiro atoms. The fraction of sp³-hybridized carbons (Fsp3) is 0.143. The normalized spacial score (nSPS) is 11.3. The number of benzene rings is 2. The maximum atomic E-state index is 13.3. The Morgan fingerprint density at radius 3 is 2.45 bits per heavy atom. The predicted octanol–water partition coefficient (Wildman–Crippen LogP) is 4.31. The third-order valence-corrected chi connectivity index (χ3v) is 4.32. The maximum Gasteiger partial charge on any atom is 0.416 e. The Bertz CT molecular complexity index is 1190. The van der Waals surface area contributed by atoms with Gasteiger partial charge in [-0.1, -0.05) is 0 Å². The van der Waals surface area contributed by atoms with Crippen LogP contribution in [0.1, 0.15) is 21.5 Å². The van der Waals surface area contributed by atoms with Crippen molar-refractivity contribution < 1.29 is 32.2 Å². The summed E-state index contributed by atoms with van der Waals surface area (Å²) in [5, 5.41) is 11.4.